The molecule has 2 aromatic carbocycles. The number of ether oxygens (including phenoxy) is 2. The van der Waals surface area contributed by atoms with Crippen molar-refractivity contribution in [1.82, 2.24) is 9.97 Å². The van der Waals surface area contributed by atoms with Crippen LogP contribution in [0.1, 0.15) is 30.4 Å². The number of aromatic nitrogens is 2. The van der Waals surface area contributed by atoms with Gasteiger partial charge in [0.2, 0.25) is 5.95 Å². The first-order valence-corrected chi connectivity index (χ1v) is 9.51. The molecule has 0 aliphatic carbocycles. The molecular formula is C19H16BrF3N4O2. The first kappa shape index (κ1) is 19.6. The quantitative estimate of drug-likeness (QED) is 0.532. The molecule has 0 spiro atoms. The van der Waals surface area contributed by atoms with Crippen LogP contribution in [0.4, 0.5) is 24.9 Å². The van der Waals surface area contributed by atoms with E-state index >= 15 is 0 Å². The van der Waals surface area contributed by atoms with Gasteiger partial charge in [-0.2, -0.15) is 18.2 Å². The number of hydrogen-bond donors (Lipinski definition) is 2. The molecule has 1 atom stereocenters. The van der Waals surface area contributed by atoms with E-state index in [1.807, 2.05) is 6.92 Å². The summed E-state index contributed by atoms with van der Waals surface area (Å²) in [4.78, 5) is 8.17. The SMILES string of the molecule is CC1CCOc2c1c(Oc1cc(Br)cc(C(F)(F)F)c1)cc1nc(N)nc(N)c21. The van der Waals surface area contributed by atoms with Crippen LogP contribution in [0.15, 0.2) is 28.7 Å². The second-order valence-corrected chi connectivity index (χ2v) is 7.71. The maximum Gasteiger partial charge on any atom is 0.416 e. The van der Waals surface area contributed by atoms with Gasteiger partial charge in [0.1, 0.15) is 23.1 Å². The average molecular weight is 469 g/mol. The summed E-state index contributed by atoms with van der Waals surface area (Å²) >= 11 is 3.11. The number of fused-ring (bicyclic) bond motifs is 3. The van der Waals surface area contributed by atoms with Crippen LogP contribution in [0.5, 0.6) is 17.2 Å². The van der Waals surface area contributed by atoms with E-state index < -0.39 is 11.7 Å². The van der Waals surface area contributed by atoms with E-state index in [1.54, 1.807) is 6.07 Å². The molecule has 1 unspecified atom stereocenters. The van der Waals surface area contributed by atoms with E-state index in [0.29, 0.717) is 34.6 Å². The molecule has 1 aliphatic rings. The van der Waals surface area contributed by atoms with E-state index in [0.717, 1.165) is 18.6 Å². The van der Waals surface area contributed by atoms with E-state index in [-0.39, 0.29) is 27.9 Å². The van der Waals surface area contributed by atoms with Gasteiger partial charge in [0.05, 0.1) is 23.1 Å². The molecule has 0 amide bonds. The number of nitrogens with two attached hydrogens (primary N) is 2. The zero-order valence-corrected chi connectivity index (χ0v) is 16.8. The third-order valence-corrected chi connectivity index (χ3v) is 5.16. The van der Waals surface area contributed by atoms with Crippen molar-refractivity contribution in [2.45, 2.75) is 25.4 Å². The summed E-state index contributed by atoms with van der Waals surface area (Å²) in [5.74, 6) is 1.02. The number of alkyl halides is 3. The Morgan fingerprint density at radius 2 is 1.93 bits per heavy atom. The summed E-state index contributed by atoms with van der Waals surface area (Å²) in [6.45, 7) is 2.45. The molecule has 1 aliphatic heterocycles. The fraction of sp³-hybridized carbons (Fsp3) is 0.263. The first-order chi connectivity index (χ1) is 13.6. The van der Waals surface area contributed by atoms with Crippen LogP contribution in [0.25, 0.3) is 10.9 Å². The van der Waals surface area contributed by atoms with Crippen LogP contribution >= 0.6 is 15.9 Å². The molecule has 4 rings (SSSR count). The number of hydrogen-bond acceptors (Lipinski definition) is 6. The minimum atomic E-state index is -4.50. The lowest BCUT2D eigenvalue weighted by Gasteiger charge is -2.27. The van der Waals surface area contributed by atoms with Crippen LogP contribution in [0.2, 0.25) is 0 Å². The average Bonchev–Trinajstić information content (AvgIpc) is 2.59. The highest BCUT2D eigenvalue weighted by atomic mass is 79.9. The van der Waals surface area contributed by atoms with Crippen molar-refractivity contribution >= 4 is 38.6 Å². The second kappa shape index (κ2) is 6.94. The van der Waals surface area contributed by atoms with E-state index in [9.17, 15) is 13.2 Å². The maximum absolute atomic E-state index is 13.2. The molecule has 0 bridgehead atoms. The number of rotatable bonds is 2. The third kappa shape index (κ3) is 3.64. The van der Waals surface area contributed by atoms with Gasteiger partial charge in [0, 0.05) is 16.1 Å². The molecular weight excluding hydrogens is 453 g/mol. The number of anilines is 2. The minimum absolute atomic E-state index is 0.0217. The zero-order chi connectivity index (χ0) is 20.9. The van der Waals surface area contributed by atoms with Gasteiger partial charge in [0.25, 0.3) is 0 Å². The Kier molecular flexibility index (Phi) is 4.68. The van der Waals surface area contributed by atoms with Crippen molar-refractivity contribution in [2.24, 2.45) is 0 Å². The van der Waals surface area contributed by atoms with Crippen LogP contribution < -0.4 is 20.9 Å². The van der Waals surface area contributed by atoms with Gasteiger partial charge in [0.15, 0.2) is 0 Å². The molecule has 10 heteroatoms. The fourth-order valence-electron chi connectivity index (χ4n) is 3.40. The van der Waals surface area contributed by atoms with E-state index in [2.05, 4.69) is 25.9 Å². The lowest BCUT2D eigenvalue weighted by atomic mass is 9.92. The standard InChI is InChI=1S/C19H16BrF3N4O2/c1-8-2-3-28-16-14(8)13(7-12-15(16)17(24)27-18(25)26-12)29-11-5-9(19(21,22)23)4-10(20)6-11/h4-8H,2-3H2,1H3,(H4,24,25,26,27). The number of halogens is 4. The molecule has 29 heavy (non-hydrogen) atoms. The summed E-state index contributed by atoms with van der Waals surface area (Å²) in [6.07, 6.45) is -3.78. The summed E-state index contributed by atoms with van der Waals surface area (Å²) in [7, 11) is 0. The normalized spacial score (nSPS) is 16.4. The van der Waals surface area contributed by atoms with Crippen molar-refractivity contribution in [3.05, 3.63) is 39.9 Å². The highest BCUT2D eigenvalue weighted by Gasteiger charge is 2.32. The smallest absolute Gasteiger partial charge is 0.416 e. The lowest BCUT2D eigenvalue weighted by molar-refractivity contribution is -0.137. The minimum Gasteiger partial charge on any atom is -0.492 e. The molecule has 6 nitrogen and oxygen atoms in total. The number of nitrogen functional groups attached to an aromatic ring is 2. The molecule has 0 fully saturated rings. The van der Waals surface area contributed by atoms with Crippen molar-refractivity contribution in [3.63, 3.8) is 0 Å². The fourth-order valence-corrected chi connectivity index (χ4v) is 3.87. The second-order valence-electron chi connectivity index (χ2n) is 6.79. The Hall–Kier alpha value is -2.75. The summed E-state index contributed by atoms with van der Waals surface area (Å²) < 4.78 is 51.5. The summed E-state index contributed by atoms with van der Waals surface area (Å²) in [5, 5.41) is 0.512. The highest BCUT2D eigenvalue weighted by molar-refractivity contribution is 9.10. The molecule has 3 aromatic rings. The summed E-state index contributed by atoms with van der Waals surface area (Å²) in [5.41, 5.74) is 12.0. The van der Waals surface area contributed by atoms with Gasteiger partial charge in [-0.1, -0.05) is 22.9 Å². The van der Waals surface area contributed by atoms with Crippen LogP contribution in [-0.2, 0) is 6.18 Å². The van der Waals surface area contributed by atoms with Gasteiger partial charge >= 0.3 is 6.18 Å². The topological polar surface area (TPSA) is 96.3 Å². The molecule has 152 valence electrons. The predicted molar refractivity (Wildman–Crippen MR) is 106 cm³/mol. The van der Waals surface area contributed by atoms with Gasteiger partial charge < -0.3 is 20.9 Å². The number of nitrogens with zero attached hydrogens (tertiary/aromatic N) is 2. The van der Waals surface area contributed by atoms with Gasteiger partial charge in [-0.15, -0.1) is 0 Å². The molecule has 0 saturated carbocycles. The Bertz CT molecular complexity index is 1120. The van der Waals surface area contributed by atoms with E-state index in [4.69, 9.17) is 20.9 Å². The Labute approximate surface area is 172 Å². The Morgan fingerprint density at radius 3 is 2.66 bits per heavy atom. The Morgan fingerprint density at radius 1 is 1.17 bits per heavy atom. The monoisotopic (exact) mass is 468 g/mol. The molecule has 0 radical (unpaired) electrons. The van der Waals surface area contributed by atoms with Crippen LogP contribution in [0.3, 0.4) is 0 Å². The van der Waals surface area contributed by atoms with Crippen molar-refractivity contribution in [2.75, 3.05) is 18.1 Å². The zero-order valence-electron chi connectivity index (χ0n) is 15.2. The Balaban J connectivity index is 1.91. The van der Waals surface area contributed by atoms with Gasteiger partial charge in [-0.05, 0) is 30.5 Å². The van der Waals surface area contributed by atoms with Gasteiger partial charge in [-0.3, -0.25) is 0 Å². The van der Waals surface area contributed by atoms with Crippen LogP contribution in [0, 0.1) is 0 Å². The summed E-state index contributed by atoms with van der Waals surface area (Å²) in [6, 6.07) is 4.99. The lowest BCUT2D eigenvalue weighted by Crippen LogP contribution is -2.15. The van der Waals surface area contributed by atoms with Gasteiger partial charge in [-0.25, -0.2) is 4.98 Å². The van der Waals surface area contributed by atoms with Crippen LogP contribution in [-0.4, -0.2) is 16.6 Å². The molecule has 4 N–H and O–H groups in total. The van der Waals surface area contributed by atoms with E-state index in [1.165, 1.54) is 6.07 Å². The van der Waals surface area contributed by atoms with Crippen molar-refractivity contribution in [3.8, 4) is 17.2 Å². The maximum atomic E-state index is 13.2. The predicted octanol–water partition coefficient (Wildman–Crippen LogP) is 5.25. The number of benzene rings is 2. The largest absolute Gasteiger partial charge is 0.492 e. The third-order valence-electron chi connectivity index (χ3n) is 4.70. The molecule has 1 aromatic heterocycles. The van der Waals surface area contributed by atoms with Crippen molar-refractivity contribution < 1.29 is 22.6 Å². The molecule has 2 heterocycles. The highest BCUT2D eigenvalue weighted by Crippen LogP contribution is 2.47. The molecule has 0 saturated heterocycles. The van der Waals surface area contributed by atoms with Crippen molar-refractivity contribution in [1.29, 1.82) is 0 Å². The first-order valence-electron chi connectivity index (χ1n) is 8.71.